The van der Waals surface area contributed by atoms with Crippen molar-refractivity contribution < 1.29 is 13.6 Å². The van der Waals surface area contributed by atoms with Crippen LogP contribution in [0.1, 0.15) is 42.4 Å². The molecule has 1 aliphatic heterocycles. The Kier molecular flexibility index (Phi) is 6.51. The van der Waals surface area contributed by atoms with E-state index in [0.717, 1.165) is 50.3 Å². The Morgan fingerprint density at radius 3 is 2.58 bits per heavy atom. The molecule has 6 nitrogen and oxygen atoms in total. The number of anilines is 1. The minimum absolute atomic E-state index is 0.0921. The topological polar surface area (TPSA) is 61.6 Å². The molecule has 0 bridgehead atoms. The van der Waals surface area contributed by atoms with E-state index in [1.807, 2.05) is 32.0 Å². The second-order valence-electron chi connectivity index (χ2n) is 8.30. The number of nitrogens with zero attached hydrogens (tertiary/aromatic N) is 3. The molecule has 7 heteroatoms. The predicted octanol–water partition coefficient (Wildman–Crippen LogP) is 4.03. The van der Waals surface area contributed by atoms with Crippen LogP contribution in [-0.2, 0) is 0 Å². The second kappa shape index (κ2) is 9.47. The van der Waals surface area contributed by atoms with E-state index in [0.29, 0.717) is 23.6 Å². The number of benzene rings is 2. The fraction of sp³-hybridized carbons (Fsp3) is 0.417. The lowest BCUT2D eigenvalue weighted by atomic mass is 10.2. The van der Waals surface area contributed by atoms with Gasteiger partial charge in [-0.1, -0.05) is 13.8 Å². The van der Waals surface area contributed by atoms with E-state index in [1.165, 1.54) is 12.1 Å². The van der Waals surface area contributed by atoms with Gasteiger partial charge in [0.25, 0.3) is 5.91 Å². The van der Waals surface area contributed by atoms with Crippen LogP contribution in [0, 0.1) is 5.82 Å². The number of piperazine rings is 1. The molecule has 1 amide bonds. The maximum Gasteiger partial charge on any atom is 0.251 e. The maximum atomic E-state index is 13.1. The number of aromatic nitrogens is 1. The summed E-state index contributed by atoms with van der Waals surface area (Å²) in [6, 6.07) is 12.1. The molecule has 0 spiro atoms. The van der Waals surface area contributed by atoms with Crippen molar-refractivity contribution in [3.63, 3.8) is 0 Å². The Labute approximate surface area is 182 Å². The Bertz CT molecular complexity index is 1020. The first-order chi connectivity index (χ1) is 15.0. The largest absolute Gasteiger partial charge is 0.440 e. The van der Waals surface area contributed by atoms with E-state index in [-0.39, 0.29) is 17.6 Å². The number of amides is 1. The van der Waals surface area contributed by atoms with E-state index >= 15 is 0 Å². The van der Waals surface area contributed by atoms with Crippen LogP contribution in [0.2, 0.25) is 0 Å². The highest BCUT2D eigenvalue weighted by atomic mass is 19.1. The summed E-state index contributed by atoms with van der Waals surface area (Å²) in [5.74, 6) is 0.602. The monoisotopic (exact) mass is 424 g/mol. The average molecular weight is 425 g/mol. The van der Waals surface area contributed by atoms with Gasteiger partial charge in [0.15, 0.2) is 11.5 Å². The van der Waals surface area contributed by atoms with Crippen molar-refractivity contribution in [2.75, 3.05) is 44.2 Å². The van der Waals surface area contributed by atoms with Crippen LogP contribution in [0.3, 0.4) is 0 Å². The molecule has 4 rings (SSSR count). The van der Waals surface area contributed by atoms with Gasteiger partial charge in [0.2, 0.25) is 0 Å². The standard InChI is InChI=1S/C24H29FN4O2/c1-17(2)24-27-21-9-4-18(16-22(21)31-24)23(30)26-10-3-11-28-12-14-29(15-13-28)20-7-5-19(25)6-8-20/h4-9,16-17H,3,10-15H2,1-2H3,(H,26,30). The third-order valence-electron chi connectivity index (χ3n) is 5.66. The van der Waals surface area contributed by atoms with Crippen LogP contribution in [0.4, 0.5) is 10.1 Å². The van der Waals surface area contributed by atoms with Crippen molar-refractivity contribution in [1.29, 1.82) is 0 Å². The van der Waals surface area contributed by atoms with Gasteiger partial charge in [-0.05, 0) is 55.4 Å². The number of halogens is 1. The second-order valence-corrected chi connectivity index (χ2v) is 8.30. The molecular formula is C24H29FN4O2. The molecule has 0 aliphatic carbocycles. The minimum Gasteiger partial charge on any atom is -0.440 e. The highest BCUT2D eigenvalue weighted by molar-refractivity contribution is 5.97. The molecule has 164 valence electrons. The number of fused-ring (bicyclic) bond motifs is 1. The Balaban J connectivity index is 1.20. The Morgan fingerprint density at radius 1 is 1.13 bits per heavy atom. The third-order valence-corrected chi connectivity index (χ3v) is 5.66. The minimum atomic E-state index is -0.203. The highest BCUT2D eigenvalue weighted by Crippen LogP contribution is 2.22. The summed E-state index contributed by atoms with van der Waals surface area (Å²) in [5.41, 5.74) is 3.08. The van der Waals surface area contributed by atoms with Crippen LogP contribution in [0.25, 0.3) is 11.1 Å². The predicted molar refractivity (Wildman–Crippen MR) is 120 cm³/mol. The van der Waals surface area contributed by atoms with Gasteiger partial charge in [0.05, 0.1) is 0 Å². The number of hydrogen-bond acceptors (Lipinski definition) is 5. The zero-order chi connectivity index (χ0) is 21.8. The molecule has 0 atom stereocenters. The van der Waals surface area contributed by atoms with Gasteiger partial charge in [-0.3, -0.25) is 9.69 Å². The number of rotatable bonds is 7. The van der Waals surface area contributed by atoms with E-state index in [2.05, 4.69) is 20.1 Å². The van der Waals surface area contributed by atoms with Gasteiger partial charge in [-0.2, -0.15) is 0 Å². The number of oxazole rings is 1. The molecule has 2 aromatic carbocycles. The number of carbonyl (C=O) groups is 1. The molecule has 1 fully saturated rings. The van der Waals surface area contributed by atoms with Gasteiger partial charge in [0, 0.05) is 49.9 Å². The summed E-state index contributed by atoms with van der Waals surface area (Å²) in [6.45, 7) is 9.40. The molecule has 3 aromatic rings. The van der Waals surface area contributed by atoms with Crippen molar-refractivity contribution in [1.82, 2.24) is 15.2 Å². The van der Waals surface area contributed by atoms with E-state index < -0.39 is 0 Å². The van der Waals surface area contributed by atoms with Crippen LogP contribution in [-0.4, -0.2) is 55.1 Å². The van der Waals surface area contributed by atoms with E-state index in [1.54, 1.807) is 12.1 Å². The summed E-state index contributed by atoms with van der Waals surface area (Å²) in [7, 11) is 0. The van der Waals surface area contributed by atoms with Gasteiger partial charge >= 0.3 is 0 Å². The van der Waals surface area contributed by atoms with E-state index in [9.17, 15) is 9.18 Å². The maximum absolute atomic E-state index is 13.1. The van der Waals surface area contributed by atoms with Gasteiger partial charge in [0.1, 0.15) is 11.3 Å². The lowest BCUT2D eigenvalue weighted by Gasteiger charge is -2.36. The van der Waals surface area contributed by atoms with Gasteiger partial charge < -0.3 is 14.6 Å². The molecule has 1 aliphatic rings. The molecule has 0 radical (unpaired) electrons. The highest BCUT2D eigenvalue weighted by Gasteiger charge is 2.17. The van der Waals surface area contributed by atoms with Crippen molar-refractivity contribution in [2.45, 2.75) is 26.2 Å². The number of carbonyl (C=O) groups excluding carboxylic acids is 1. The SMILES string of the molecule is CC(C)c1nc2ccc(C(=O)NCCCN3CCN(c4ccc(F)cc4)CC3)cc2o1. The molecular weight excluding hydrogens is 395 g/mol. The first-order valence-corrected chi connectivity index (χ1v) is 10.9. The molecule has 1 aromatic heterocycles. The Hall–Kier alpha value is -2.93. The number of nitrogens with one attached hydrogen (secondary N) is 1. The van der Waals surface area contributed by atoms with Crippen LogP contribution >= 0.6 is 0 Å². The van der Waals surface area contributed by atoms with Gasteiger partial charge in [-0.25, -0.2) is 9.37 Å². The van der Waals surface area contributed by atoms with Crippen molar-refractivity contribution in [2.24, 2.45) is 0 Å². The molecule has 1 N–H and O–H groups in total. The van der Waals surface area contributed by atoms with Crippen LogP contribution in [0.15, 0.2) is 46.9 Å². The molecule has 2 heterocycles. The summed E-state index contributed by atoms with van der Waals surface area (Å²) in [5, 5.41) is 3.00. The quantitative estimate of drug-likeness (QED) is 0.580. The van der Waals surface area contributed by atoms with Crippen molar-refractivity contribution in [3.05, 3.63) is 59.7 Å². The summed E-state index contributed by atoms with van der Waals surface area (Å²) in [4.78, 5) is 21.6. The zero-order valence-corrected chi connectivity index (χ0v) is 18.1. The fourth-order valence-electron chi connectivity index (χ4n) is 3.82. The lowest BCUT2D eigenvalue weighted by molar-refractivity contribution is 0.0951. The first-order valence-electron chi connectivity index (χ1n) is 10.9. The average Bonchev–Trinajstić information content (AvgIpc) is 3.21. The molecule has 1 saturated heterocycles. The number of hydrogen-bond donors (Lipinski definition) is 1. The summed E-state index contributed by atoms with van der Waals surface area (Å²) < 4.78 is 18.8. The lowest BCUT2D eigenvalue weighted by Crippen LogP contribution is -2.47. The smallest absolute Gasteiger partial charge is 0.251 e. The summed E-state index contributed by atoms with van der Waals surface area (Å²) in [6.07, 6.45) is 0.893. The molecule has 0 unspecified atom stereocenters. The fourth-order valence-corrected chi connectivity index (χ4v) is 3.82. The van der Waals surface area contributed by atoms with Crippen LogP contribution in [0.5, 0.6) is 0 Å². The first kappa shape index (κ1) is 21.3. The van der Waals surface area contributed by atoms with Crippen molar-refractivity contribution in [3.8, 4) is 0 Å². The normalized spacial score (nSPS) is 15.0. The summed E-state index contributed by atoms with van der Waals surface area (Å²) >= 11 is 0. The Morgan fingerprint density at radius 2 is 1.87 bits per heavy atom. The molecule has 31 heavy (non-hydrogen) atoms. The van der Waals surface area contributed by atoms with Crippen molar-refractivity contribution >= 4 is 22.7 Å². The van der Waals surface area contributed by atoms with Gasteiger partial charge in [-0.15, -0.1) is 0 Å². The zero-order valence-electron chi connectivity index (χ0n) is 18.1. The third kappa shape index (κ3) is 5.22. The molecule has 0 saturated carbocycles. The van der Waals surface area contributed by atoms with Crippen LogP contribution < -0.4 is 10.2 Å². The van der Waals surface area contributed by atoms with E-state index in [4.69, 9.17) is 4.42 Å².